The normalized spacial score (nSPS) is 14.6. The minimum atomic E-state index is -0.393. The molecule has 7 nitrogen and oxygen atoms in total. The van der Waals surface area contributed by atoms with Crippen molar-refractivity contribution in [1.29, 1.82) is 0 Å². The van der Waals surface area contributed by atoms with Crippen LogP contribution in [0, 0.1) is 17.0 Å². The predicted octanol–water partition coefficient (Wildman–Crippen LogP) is 1.94. The van der Waals surface area contributed by atoms with Crippen molar-refractivity contribution in [3.63, 3.8) is 0 Å². The molecular weight excluding hydrogens is 246 g/mol. The van der Waals surface area contributed by atoms with Gasteiger partial charge in [-0.1, -0.05) is 11.3 Å². The van der Waals surface area contributed by atoms with Crippen LogP contribution in [-0.2, 0) is 0 Å². The first-order chi connectivity index (χ1) is 9.09. The molecule has 0 spiro atoms. The minimum Gasteiger partial charge on any atom is -0.381 e. The van der Waals surface area contributed by atoms with Crippen molar-refractivity contribution >= 4 is 11.5 Å². The molecule has 0 saturated heterocycles. The summed E-state index contributed by atoms with van der Waals surface area (Å²) in [7, 11) is 0. The average molecular weight is 259 g/mol. The number of hydrogen-bond donors (Lipinski definition) is 1. The topological polar surface area (TPSA) is 99.9 Å². The van der Waals surface area contributed by atoms with E-state index in [2.05, 4.69) is 10.3 Å². The minimum absolute atomic E-state index is 0.0771. The monoisotopic (exact) mass is 259 g/mol. The number of rotatable bonds is 3. The third kappa shape index (κ3) is 1.83. The van der Waals surface area contributed by atoms with Crippen LogP contribution in [0.5, 0.6) is 0 Å². The highest BCUT2D eigenvalue weighted by molar-refractivity contribution is 5.55. The lowest BCUT2D eigenvalue weighted by Crippen LogP contribution is -2.06. The Hall–Kier alpha value is -2.44. The highest BCUT2D eigenvalue weighted by atomic mass is 16.6. The van der Waals surface area contributed by atoms with E-state index in [1.54, 1.807) is 23.7 Å². The second kappa shape index (κ2) is 4.04. The molecule has 0 atom stereocenters. The molecule has 0 radical (unpaired) electrons. The second-order valence-corrected chi connectivity index (χ2v) is 4.72. The number of hydrogen-bond acceptors (Lipinski definition) is 5. The first-order valence-corrected chi connectivity index (χ1v) is 6.05. The van der Waals surface area contributed by atoms with Gasteiger partial charge in [-0.2, -0.15) is 0 Å². The zero-order valence-corrected chi connectivity index (χ0v) is 10.4. The molecule has 2 N–H and O–H groups in total. The van der Waals surface area contributed by atoms with Gasteiger partial charge in [-0.3, -0.25) is 10.1 Å². The molecule has 0 bridgehead atoms. The van der Waals surface area contributed by atoms with Gasteiger partial charge in [0.25, 0.3) is 5.69 Å². The highest BCUT2D eigenvalue weighted by Crippen LogP contribution is 2.43. The lowest BCUT2D eigenvalue weighted by molar-refractivity contribution is -0.385. The van der Waals surface area contributed by atoms with Crippen molar-refractivity contribution in [2.75, 3.05) is 5.73 Å². The molecule has 1 fully saturated rings. The Morgan fingerprint density at radius 1 is 1.47 bits per heavy atom. The Balaban J connectivity index is 2.17. The van der Waals surface area contributed by atoms with E-state index < -0.39 is 4.92 Å². The van der Waals surface area contributed by atoms with Crippen LogP contribution in [0.25, 0.3) is 5.69 Å². The highest BCUT2D eigenvalue weighted by Gasteiger charge is 2.32. The van der Waals surface area contributed by atoms with Gasteiger partial charge in [0.1, 0.15) is 0 Å². The van der Waals surface area contributed by atoms with Crippen LogP contribution >= 0.6 is 0 Å². The fraction of sp³-hybridized carbons (Fsp3) is 0.333. The van der Waals surface area contributed by atoms with Crippen LogP contribution < -0.4 is 5.73 Å². The van der Waals surface area contributed by atoms with Crippen LogP contribution in [0.3, 0.4) is 0 Å². The van der Waals surface area contributed by atoms with Crippen LogP contribution in [-0.4, -0.2) is 19.9 Å². The Labute approximate surface area is 109 Å². The second-order valence-electron chi connectivity index (χ2n) is 4.72. The molecule has 1 saturated carbocycles. The van der Waals surface area contributed by atoms with Crippen molar-refractivity contribution in [2.45, 2.75) is 25.7 Å². The van der Waals surface area contributed by atoms with Gasteiger partial charge in [0, 0.05) is 12.0 Å². The fourth-order valence-electron chi connectivity index (χ4n) is 2.26. The SMILES string of the molecule is Cc1c(-n2nnc(N)c2C2CC2)cccc1[N+](=O)[O-]. The molecule has 1 aromatic heterocycles. The number of anilines is 1. The summed E-state index contributed by atoms with van der Waals surface area (Å²) >= 11 is 0. The van der Waals surface area contributed by atoms with Crippen LogP contribution in [0.15, 0.2) is 18.2 Å². The molecule has 1 aliphatic rings. The molecular formula is C12H13N5O2. The maximum Gasteiger partial charge on any atom is 0.274 e. The Bertz CT molecular complexity index is 660. The largest absolute Gasteiger partial charge is 0.381 e. The molecule has 0 aliphatic heterocycles. The molecule has 7 heteroatoms. The van der Waals surface area contributed by atoms with Crippen molar-refractivity contribution in [2.24, 2.45) is 0 Å². The summed E-state index contributed by atoms with van der Waals surface area (Å²) in [4.78, 5) is 10.6. The molecule has 19 heavy (non-hydrogen) atoms. The summed E-state index contributed by atoms with van der Waals surface area (Å²) < 4.78 is 1.63. The van der Waals surface area contributed by atoms with Gasteiger partial charge < -0.3 is 5.73 Å². The van der Waals surface area contributed by atoms with E-state index in [4.69, 9.17) is 5.73 Å². The average Bonchev–Trinajstić information content (AvgIpc) is 3.13. The number of nitrogens with zero attached hydrogens (tertiary/aromatic N) is 4. The van der Waals surface area contributed by atoms with Gasteiger partial charge in [-0.25, -0.2) is 4.68 Å². The smallest absolute Gasteiger partial charge is 0.274 e. The van der Waals surface area contributed by atoms with Crippen LogP contribution in [0.1, 0.15) is 30.0 Å². The number of benzene rings is 1. The van der Waals surface area contributed by atoms with Crippen molar-refractivity contribution in [3.8, 4) is 5.69 Å². The van der Waals surface area contributed by atoms with Crippen LogP contribution in [0.2, 0.25) is 0 Å². The molecule has 3 rings (SSSR count). The molecule has 0 amide bonds. The van der Waals surface area contributed by atoms with E-state index in [-0.39, 0.29) is 5.69 Å². The van der Waals surface area contributed by atoms with Crippen molar-refractivity contribution < 1.29 is 4.92 Å². The zero-order chi connectivity index (χ0) is 13.6. The van der Waals surface area contributed by atoms with Gasteiger partial charge in [0.15, 0.2) is 5.82 Å². The van der Waals surface area contributed by atoms with Gasteiger partial charge in [0.2, 0.25) is 0 Å². The van der Waals surface area contributed by atoms with E-state index >= 15 is 0 Å². The third-order valence-electron chi connectivity index (χ3n) is 3.40. The van der Waals surface area contributed by atoms with Gasteiger partial charge in [-0.05, 0) is 25.8 Å². The number of aromatic nitrogens is 3. The number of nitrogens with two attached hydrogens (primary N) is 1. The molecule has 0 unspecified atom stereocenters. The standard InChI is InChI=1S/C12H13N5O2/c1-7-9(3-2-4-10(7)17(18)19)16-11(8-5-6-8)12(13)14-15-16/h2-4,8H,5-6,13H2,1H3. The molecule has 1 aliphatic carbocycles. The summed E-state index contributed by atoms with van der Waals surface area (Å²) in [5.41, 5.74) is 8.02. The summed E-state index contributed by atoms with van der Waals surface area (Å²) in [6, 6.07) is 4.92. The fourth-order valence-corrected chi connectivity index (χ4v) is 2.26. The first kappa shape index (κ1) is 11.6. The Morgan fingerprint density at radius 3 is 2.84 bits per heavy atom. The molecule has 1 heterocycles. The zero-order valence-electron chi connectivity index (χ0n) is 10.4. The maximum atomic E-state index is 11.0. The third-order valence-corrected chi connectivity index (χ3v) is 3.40. The number of nitrogen functional groups attached to an aromatic ring is 1. The summed E-state index contributed by atoms with van der Waals surface area (Å²) in [5, 5.41) is 18.9. The first-order valence-electron chi connectivity index (χ1n) is 6.05. The van der Waals surface area contributed by atoms with E-state index in [1.807, 2.05) is 0 Å². The molecule has 2 aromatic rings. The van der Waals surface area contributed by atoms with Gasteiger partial charge >= 0.3 is 0 Å². The predicted molar refractivity (Wildman–Crippen MR) is 69.1 cm³/mol. The molecule has 98 valence electrons. The van der Waals surface area contributed by atoms with E-state index in [1.165, 1.54) is 6.07 Å². The quantitative estimate of drug-likeness (QED) is 0.670. The Kier molecular flexibility index (Phi) is 2.48. The summed E-state index contributed by atoms with van der Waals surface area (Å²) in [6.07, 6.45) is 2.12. The summed E-state index contributed by atoms with van der Waals surface area (Å²) in [6.45, 7) is 1.71. The van der Waals surface area contributed by atoms with Crippen molar-refractivity contribution in [1.82, 2.24) is 15.0 Å². The maximum absolute atomic E-state index is 11.0. The van der Waals surface area contributed by atoms with E-state index in [0.717, 1.165) is 18.5 Å². The van der Waals surface area contributed by atoms with Gasteiger partial charge in [-0.15, -0.1) is 5.10 Å². The van der Waals surface area contributed by atoms with Gasteiger partial charge in [0.05, 0.1) is 21.9 Å². The lowest BCUT2D eigenvalue weighted by Gasteiger charge is -2.09. The molecule has 1 aromatic carbocycles. The van der Waals surface area contributed by atoms with E-state index in [0.29, 0.717) is 23.0 Å². The Morgan fingerprint density at radius 2 is 2.21 bits per heavy atom. The van der Waals surface area contributed by atoms with E-state index in [9.17, 15) is 10.1 Å². The number of nitro groups is 1. The van der Waals surface area contributed by atoms with Crippen molar-refractivity contribution in [3.05, 3.63) is 39.6 Å². The summed E-state index contributed by atoms with van der Waals surface area (Å²) in [5.74, 6) is 0.780. The van der Waals surface area contributed by atoms with Crippen LogP contribution in [0.4, 0.5) is 11.5 Å². The number of nitro benzene ring substituents is 1. The lowest BCUT2D eigenvalue weighted by atomic mass is 10.1.